The molecule has 4 heteroatoms. The van der Waals surface area contributed by atoms with Crippen LogP contribution >= 0.6 is 0 Å². The van der Waals surface area contributed by atoms with E-state index in [9.17, 15) is 9.59 Å². The summed E-state index contributed by atoms with van der Waals surface area (Å²) in [6, 6.07) is 6.60. The molecule has 0 fully saturated rings. The van der Waals surface area contributed by atoms with Gasteiger partial charge in [0.2, 0.25) is 0 Å². The third kappa shape index (κ3) is 4.54. The molecule has 0 heterocycles. The van der Waals surface area contributed by atoms with Crippen LogP contribution in [0, 0.1) is 6.92 Å². The average molecular weight is 293 g/mol. The summed E-state index contributed by atoms with van der Waals surface area (Å²) in [4.78, 5) is 22.5. The molecule has 0 aliphatic rings. The number of amides is 1. The van der Waals surface area contributed by atoms with Gasteiger partial charge in [0.1, 0.15) is 0 Å². The van der Waals surface area contributed by atoms with Gasteiger partial charge < -0.3 is 12.2 Å². The van der Waals surface area contributed by atoms with E-state index in [1.54, 1.807) is 24.3 Å². The van der Waals surface area contributed by atoms with Gasteiger partial charge in [0, 0.05) is 43.8 Å². The standard InChI is InChI=1S/C12H14NO2.Y/c1-3-8-13-12(15)11-6-4-10(5-7-11)9(2)14;/h4-7H,1,3,8H2,2H3,(H,13,15);/q-1;. The van der Waals surface area contributed by atoms with E-state index in [0.717, 1.165) is 0 Å². The van der Waals surface area contributed by atoms with E-state index in [-0.39, 0.29) is 44.4 Å². The van der Waals surface area contributed by atoms with E-state index in [1.807, 2.05) is 0 Å². The van der Waals surface area contributed by atoms with Crippen LogP contribution in [0.1, 0.15) is 34.1 Å². The molecule has 3 nitrogen and oxygen atoms in total. The van der Waals surface area contributed by atoms with Crippen molar-refractivity contribution in [2.75, 3.05) is 6.54 Å². The topological polar surface area (TPSA) is 46.2 Å². The van der Waals surface area contributed by atoms with Crippen LogP contribution in [0.3, 0.4) is 0 Å². The largest absolute Gasteiger partial charge is 0.355 e. The van der Waals surface area contributed by atoms with Gasteiger partial charge in [-0.1, -0.05) is 12.1 Å². The van der Waals surface area contributed by atoms with Gasteiger partial charge in [-0.25, -0.2) is 0 Å². The monoisotopic (exact) mass is 293 g/mol. The molecule has 1 radical (unpaired) electrons. The van der Waals surface area contributed by atoms with Crippen LogP contribution in [0.15, 0.2) is 24.3 Å². The van der Waals surface area contributed by atoms with Crippen molar-refractivity contribution < 1.29 is 42.3 Å². The van der Waals surface area contributed by atoms with Crippen molar-refractivity contribution in [1.29, 1.82) is 0 Å². The van der Waals surface area contributed by atoms with Crippen LogP contribution in [-0.2, 0) is 32.7 Å². The molecule has 0 spiro atoms. The molecule has 1 amide bonds. The van der Waals surface area contributed by atoms with Crippen LogP contribution < -0.4 is 5.32 Å². The first-order valence-electron chi connectivity index (χ1n) is 4.83. The first-order chi connectivity index (χ1) is 7.15. The molecule has 1 rings (SSSR count). The maximum atomic E-state index is 11.5. The number of rotatable bonds is 4. The summed E-state index contributed by atoms with van der Waals surface area (Å²) in [7, 11) is 0. The fourth-order valence-corrected chi connectivity index (χ4v) is 1.16. The van der Waals surface area contributed by atoms with Crippen LogP contribution in [0.2, 0.25) is 0 Å². The number of benzene rings is 1. The number of hydrogen-bond donors (Lipinski definition) is 1. The maximum Gasteiger partial charge on any atom is 0.251 e. The number of nitrogens with one attached hydrogen (secondary N) is 1. The molecule has 16 heavy (non-hydrogen) atoms. The Hall–Kier alpha value is -0.536. The fourth-order valence-electron chi connectivity index (χ4n) is 1.16. The first-order valence-corrected chi connectivity index (χ1v) is 4.83. The van der Waals surface area contributed by atoms with E-state index in [0.29, 0.717) is 24.1 Å². The van der Waals surface area contributed by atoms with Crippen molar-refractivity contribution in [2.45, 2.75) is 13.3 Å². The molecular weight excluding hydrogens is 279 g/mol. The molecule has 0 aliphatic heterocycles. The summed E-state index contributed by atoms with van der Waals surface area (Å²) in [6.07, 6.45) is 0.664. The Bertz CT molecular complexity index is 360. The quantitative estimate of drug-likeness (QED) is 0.680. The van der Waals surface area contributed by atoms with Crippen LogP contribution in [0.25, 0.3) is 0 Å². The smallest absolute Gasteiger partial charge is 0.251 e. The second-order valence-electron chi connectivity index (χ2n) is 3.24. The Balaban J connectivity index is 0.00000225. The van der Waals surface area contributed by atoms with Crippen molar-refractivity contribution in [3.8, 4) is 0 Å². The van der Waals surface area contributed by atoms with E-state index >= 15 is 0 Å². The predicted molar refractivity (Wildman–Crippen MR) is 58.8 cm³/mol. The van der Waals surface area contributed by atoms with E-state index in [1.165, 1.54) is 6.92 Å². The number of carbonyl (C=O) groups excluding carboxylic acids is 2. The van der Waals surface area contributed by atoms with Crippen molar-refractivity contribution in [3.63, 3.8) is 0 Å². The molecule has 1 aromatic rings. The zero-order valence-electron chi connectivity index (χ0n) is 9.32. The maximum absolute atomic E-state index is 11.5. The van der Waals surface area contributed by atoms with Crippen molar-refractivity contribution in [2.24, 2.45) is 0 Å². The molecule has 1 N–H and O–H groups in total. The number of Topliss-reactive ketones (excluding diaryl/α,β-unsaturated/α-hetero) is 1. The summed E-state index contributed by atoms with van der Waals surface area (Å²) >= 11 is 0. The SMILES string of the molecule is [CH2-]CCNC(=O)c1ccc(C(C)=O)cc1.[Y]. The summed E-state index contributed by atoms with van der Waals surface area (Å²) < 4.78 is 0. The third-order valence-corrected chi connectivity index (χ3v) is 2.02. The second-order valence-corrected chi connectivity index (χ2v) is 3.24. The molecule has 0 bridgehead atoms. The minimum absolute atomic E-state index is 0. The molecular formula is C12H14NO2Y-. The van der Waals surface area contributed by atoms with E-state index < -0.39 is 0 Å². The first kappa shape index (κ1) is 15.5. The minimum atomic E-state index is -0.131. The van der Waals surface area contributed by atoms with Gasteiger partial charge in [0.25, 0.3) is 5.91 Å². The average Bonchev–Trinajstić information content (AvgIpc) is 2.26. The Morgan fingerprint density at radius 2 is 1.69 bits per heavy atom. The van der Waals surface area contributed by atoms with Gasteiger partial charge in [-0.2, -0.15) is 6.42 Å². The molecule has 0 saturated carbocycles. The van der Waals surface area contributed by atoms with E-state index in [4.69, 9.17) is 0 Å². The Labute approximate surface area is 121 Å². The zero-order chi connectivity index (χ0) is 11.3. The summed E-state index contributed by atoms with van der Waals surface area (Å²) in [6.45, 7) is 5.69. The summed E-state index contributed by atoms with van der Waals surface area (Å²) in [5, 5.41) is 2.71. The zero-order valence-corrected chi connectivity index (χ0v) is 12.2. The van der Waals surface area contributed by atoms with Gasteiger partial charge in [0.15, 0.2) is 5.78 Å². The Morgan fingerprint density at radius 3 is 2.12 bits per heavy atom. The number of carbonyl (C=O) groups is 2. The van der Waals surface area contributed by atoms with Gasteiger partial charge in [-0.15, -0.1) is 0 Å². The second kappa shape index (κ2) is 7.69. The molecule has 0 aromatic heterocycles. The molecule has 1 aromatic carbocycles. The van der Waals surface area contributed by atoms with Gasteiger partial charge >= 0.3 is 0 Å². The number of ketones is 1. The van der Waals surface area contributed by atoms with Crippen molar-refractivity contribution in [1.82, 2.24) is 5.32 Å². The molecule has 83 valence electrons. The fraction of sp³-hybridized carbons (Fsp3) is 0.250. The van der Waals surface area contributed by atoms with Crippen LogP contribution in [0.4, 0.5) is 0 Å². The van der Waals surface area contributed by atoms with Gasteiger partial charge in [-0.3, -0.25) is 9.59 Å². The Kier molecular flexibility index (Phi) is 7.43. The van der Waals surface area contributed by atoms with E-state index in [2.05, 4.69) is 12.2 Å². The number of hydrogen-bond acceptors (Lipinski definition) is 2. The van der Waals surface area contributed by atoms with Crippen molar-refractivity contribution in [3.05, 3.63) is 42.3 Å². The minimum Gasteiger partial charge on any atom is -0.355 e. The summed E-state index contributed by atoms with van der Waals surface area (Å²) in [5.74, 6) is -0.131. The summed E-state index contributed by atoms with van der Waals surface area (Å²) in [5.41, 5.74) is 1.18. The predicted octanol–water partition coefficient (Wildman–Crippen LogP) is 1.84. The molecule has 0 unspecified atom stereocenters. The Morgan fingerprint density at radius 1 is 1.19 bits per heavy atom. The van der Waals surface area contributed by atoms with Crippen LogP contribution in [-0.4, -0.2) is 18.2 Å². The molecule has 0 aliphatic carbocycles. The van der Waals surface area contributed by atoms with Gasteiger partial charge in [-0.05, 0) is 25.6 Å². The van der Waals surface area contributed by atoms with Crippen LogP contribution in [0.5, 0.6) is 0 Å². The van der Waals surface area contributed by atoms with Crippen molar-refractivity contribution >= 4 is 11.7 Å². The molecule has 0 atom stereocenters. The normalized spacial score (nSPS) is 9.12. The third-order valence-electron chi connectivity index (χ3n) is 2.02. The molecule has 0 saturated heterocycles. The van der Waals surface area contributed by atoms with Gasteiger partial charge in [0.05, 0.1) is 0 Å².